The van der Waals surface area contributed by atoms with Crippen LogP contribution in [-0.4, -0.2) is 30.2 Å². The Morgan fingerprint density at radius 1 is 1.80 bits per heavy atom. The Morgan fingerprint density at radius 3 is 3.20 bits per heavy atom. The maximum atomic E-state index is 3.81. The van der Waals surface area contributed by atoms with Crippen molar-refractivity contribution >= 4 is 18.7 Å². The third kappa shape index (κ3) is 1.10. The molecule has 52 valence electrons. The first kappa shape index (κ1) is 6.67. The van der Waals surface area contributed by atoms with Gasteiger partial charge in [0, 0.05) is 13.3 Å². The lowest BCUT2D eigenvalue weighted by Crippen LogP contribution is -1.74. The molecule has 0 radical (unpaired) electrons. The summed E-state index contributed by atoms with van der Waals surface area (Å²) >= 11 is 0. The minimum atomic E-state index is 0.658. The molecule has 1 aromatic rings. The number of H-pyrrole nitrogens is 1. The second kappa shape index (κ2) is 2.91. The van der Waals surface area contributed by atoms with Gasteiger partial charge in [0.15, 0.2) is 5.82 Å². The van der Waals surface area contributed by atoms with E-state index in [1.807, 2.05) is 0 Å². The number of nitrogens with zero attached hydrogens (tertiary/aromatic N) is 3. The molecule has 0 aliphatic heterocycles. The average Bonchev–Trinajstić information content (AvgIpc) is 2.36. The molecule has 0 atom stereocenters. The molecule has 0 aliphatic rings. The molecule has 1 rings (SSSR count). The van der Waals surface area contributed by atoms with E-state index in [4.69, 9.17) is 0 Å². The van der Waals surface area contributed by atoms with Crippen LogP contribution in [0.2, 0.25) is 0 Å². The Morgan fingerprint density at radius 2 is 2.60 bits per heavy atom. The zero-order valence-electron chi connectivity index (χ0n) is 5.70. The molecule has 1 aromatic heterocycles. The smallest absolute Gasteiger partial charge is 0.156 e. The van der Waals surface area contributed by atoms with E-state index in [1.165, 1.54) is 0 Å². The van der Waals surface area contributed by atoms with Crippen LogP contribution in [0.4, 0.5) is 5.82 Å². The highest BCUT2D eigenvalue weighted by molar-refractivity contribution is 5.85. The molecule has 0 bridgehead atoms. The van der Waals surface area contributed by atoms with Gasteiger partial charge in [-0.15, -0.1) is 0 Å². The van der Waals surface area contributed by atoms with Crippen LogP contribution in [0.25, 0.3) is 0 Å². The summed E-state index contributed by atoms with van der Waals surface area (Å²) in [6.07, 6.45) is 3.32. The zero-order chi connectivity index (χ0) is 7.40. The Hall–Kier alpha value is -1.45. The fourth-order valence-corrected chi connectivity index (χ4v) is 0.649. The second-order valence-corrected chi connectivity index (χ2v) is 1.72. The number of aromatic amines is 1. The molecule has 4 heteroatoms. The van der Waals surface area contributed by atoms with Gasteiger partial charge in [-0.25, -0.2) is 4.99 Å². The third-order valence-corrected chi connectivity index (χ3v) is 1.07. The molecule has 0 amide bonds. The summed E-state index contributed by atoms with van der Waals surface area (Å²) in [4.78, 5) is 7.50. The molecule has 0 fully saturated rings. The van der Waals surface area contributed by atoms with E-state index < -0.39 is 0 Å². The van der Waals surface area contributed by atoms with Gasteiger partial charge in [0.1, 0.15) is 0 Å². The summed E-state index contributed by atoms with van der Waals surface area (Å²) in [7, 11) is 1.69. The van der Waals surface area contributed by atoms with Gasteiger partial charge < -0.3 is 0 Å². The van der Waals surface area contributed by atoms with Crippen molar-refractivity contribution in [1.29, 1.82) is 0 Å². The number of aromatic nitrogens is 2. The van der Waals surface area contributed by atoms with Gasteiger partial charge in [-0.2, -0.15) is 5.10 Å². The van der Waals surface area contributed by atoms with Crippen LogP contribution in [0, 0.1) is 0 Å². The van der Waals surface area contributed by atoms with Crippen molar-refractivity contribution in [3.05, 3.63) is 11.8 Å². The monoisotopic (exact) mass is 136 g/mol. The van der Waals surface area contributed by atoms with E-state index in [-0.39, 0.29) is 0 Å². The van der Waals surface area contributed by atoms with Crippen molar-refractivity contribution in [3.8, 4) is 0 Å². The van der Waals surface area contributed by atoms with Gasteiger partial charge in [-0.3, -0.25) is 10.1 Å². The van der Waals surface area contributed by atoms with Crippen molar-refractivity contribution < 1.29 is 0 Å². The quantitative estimate of drug-likeness (QED) is 0.600. The molecule has 10 heavy (non-hydrogen) atoms. The van der Waals surface area contributed by atoms with Gasteiger partial charge >= 0.3 is 0 Å². The van der Waals surface area contributed by atoms with Crippen molar-refractivity contribution in [3.63, 3.8) is 0 Å². The summed E-state index contributed by atoms with van der Waals surface area (Å²) in [6.45, 7) is 3.36. The normalized spacial score (nSPS) is 10.5. The summed E-state index contributed by atoms with van der Waals surface area (Å²) in [5.41, 5.74) is 0.859. The summed E-state index contributed by atoms with van der Waals surface area (Å²) < 4.78 is 0. The number of rotatable bonds is 2. The summed E-state index contributed by atoms with van der Waals surface area (Å²) in [5, 5.41) is 6.43. The predicted molar refractivity (Wildman–Crippen MR) is 41.3 cm³/mol. The van der Waals surface area contributed by atoms with E-state index in [1.54, 1.807) is 19.5 Å². The fourth-order valence-electron chi connectivity index (χ4n) is 0.649. The standard InChI is InChI=1S/C6H8N4/c1-7-3-5-4-9-10-6(5)8-2/h3-4H,2H2,1H3,(H,9,10). The van der Waals surface area contributed by atoms with Crippen LogP contribution >= 0.6 is 0 Å². The molecule has 0 aromatic carbocycles. The number of aliphatic imine (C=N–C) groups is 2. The van der Waals surface area contributed by atoms with Crippen molar-refractivity contribution in [1.82, 2.24) is 10.2 Å². The summed E-state index contributed by atoms with van der Waals surface area (Å²) in [6, 6.07) is 0. The minimum Gasteiger partial charge on any atom is -0.296 e. The molecule has 4 nitrogen and oxygen atoms in total. The zero-order valence-corrected chi connectivity index (χ0v) is 5.70. The molecule has 0 unspecified atom stereocenters. The fraction of sp³-hybridized carbons (Fsp3) is 0.167. The van der Waals surface area contributed by atoms with E-state index in [0.29, 0.717) is 5.82 Å². The second-order valence-electron chi connectivity index (χ2n) is 1.72. The van der Waals surface area contributed by atoms with Crippen molar-refractivity contribution in [2.24, 2.45) is 9.98 Å². The van der Waals surface area contributed by atoms with E-state index in [9.17, 15) is 0 Å². The predicted octanol–water partition coefficient (Wildman–Crippen LogP) is 0.790. The van der Waals surface area contributed by atoms with Gasteiger partial charge in [0.25, 0.3) is 0 Å². The Labute approximate surface area is 58.7 Å². The topological polar surface area (TPSA) is 53.4 Å². The number of hydrogen-bond donors (Lipinski definition) is 1. The maximum absolute atomic E-state index is 3.81. The Kier molecular flexibility index (Phi) is 1.94. The third-order valence-electron chi connectivity index (χ3n) is 1.07. The minimum absolute atomic E-state index is 0.658. The molecule has 0 saturated carbocycles. The Bertz CT molecular complexity index is 248. The van der Waals surface area contributed by atoms with Crippen LogP contribution in [0.5, 0.6) is 0 Å². The van der Waals surface area contributed by atoms with Crippen LogP contribution in [0.15, 0.2) is 16.2 Å². The lowest BCUT2D eigenvalue weighted by atomic mass is 10.4. The maximum Gasteiger partial charge on any atom is 0.156 e. The molecule has 0 aliphatic carbocycles. The van der Waals surface area contributed by atoms with Crippen molar-refractivity contribution in [2.45, 2.75) is 0 Å². The first-order valence-electron chi connectivity index (χ1n) is 2.80. The van der Waals surface area contributed by atoms with Gasteiger partial charge in [0.05, 0.1) is 11.8 Å². The first-order valence-corrected chi connectivity index (χ1v) is 2.80. The molecular formula is C6H8N4. The van der Waals surface area contributed by atoms with E-state index in [2.05, 4.69) is 26.9 Å². The molecule has 1 N–H and O–H groups in total. The highest BCUT2D eigenvalue weighted by Crippen LogP contribution is 2.09. The van der Waals surface area contributed by atoms with Crippen LogP contribution in [0.1, 0.15) is 5.56 Å². The lowest BCUT2D eigenvalue weighted by Gasteiger charge is -1.84. The lowest BCUT2D eigenvalue weighted by molar-refractivity contribution is 1.08. The van der Waals surface area contributed by atoms with Crippen molar-refractivity contribution in [2.75, 3.05) is 7.05 Å². The van der Waals surface area contributed by atoms with Gasteiger partial charge in [0.2, 0.25) is 0 Å². The largest absolute Gasteiger partial charge is 0.296 e. The molecule has 1 heterocycles. The van der Waals surface area contributed by atoms with Gasteiger partial charge in [-0.1, -0.05) is 0 Å². The van der Waals surface area contributed by atoms with Gasteiger partial charge in [-0.05, 0) is 6.72 Å². The molecule has 0 spiro atoms. The summed E-state index contributed by atoms with van der Waals surface area (Å²) in [5.74, 6) is 0.658. The number of nitrogens with one attached hydrogen (secondary N) is 1. The highest BCUT2D eigenvalue weighted by Gasteiger charge is 1.96. The highest BCUT2D eigenvalue weighted by atomic mass is 15.2. The van der Waals surface area contributed by atoms with E-state index in [0.717, 1.165) is 5.56 Å². The van der Waals surface area contributed by atoms with E-state index >= 15 is 0 Å². The van der Waals surface area contributed by atoms with Crippen LogP contribution in [0.3, 0.4) is 0 Å². The average molecular weight is 136 g/mol. The SMILES string of the molecule is C=Nc1[nH]ncc1C=NC. The molecular weight excluding hydrogens is 128 g/mol. The number of hydrogen-bond acceptors (Lipinski definition) is 3. The first-order chi connectivity index (χ1) is 4.88. The van der Waals surface area contributed by atoms with Crippen LogP contribution in [-0.2, 0) is 0 Å². The Balaban J connectivity index is 3.00. The molecule has 0 saturated heterocycles. The van der Waals surface area contributed by atoms with Crippen LogP contribution < -0.4 is 0 Å².